The van der Waals surface area contributed by atoms with Crippen molar-refractivity contribution in [3.8, 4) is 0 Å². The van der Waals surface area contributed by atoms with E-state index in [0.717, 1.165) is 0 Å². The first-order chi connectivity index (χ1) is 6.33. The maximum absolute atomic E-state index is 5.54. The van der Waals surface area contributed by atoms with Crippen molar-refractivity contribution in [2.24, 2.45) is 0 Å². The van der Waals surface area contributed by atoms with E-state index in [0.29, 0.717) is 13.2 Å². The van der Waals surface area contributed by atoms with Gasteiger partial charge < -0.3 is 9.47 Å². The predicted molar refractivity (Wildman–Crippen MR) is 52.6 cm³/mol. The smallest absolute Gasteiger partial charge is 0.0784 e. The molecule has 0 saturated carbocycles. The Morgan fingerprint density at radius 3 is 2.54 bits per heavy atom. The molecule has 2 heteroatoms. The monoisotopic (exact) mass is 180 g/mol. The lowest BCUT2D eigenvalue weighted by molar-refractivity contribution is -0.000124. The molecule has 0 radical (unpaired) electrons. The first-order valence-corrected chi connectivity index (χ1v) is 4.47. The Labute approximate surface area is 79.5 Å². The number of methoxy groups -OCH3 is 1. The Balaban J connectivity index is 2.27. The molecule has 0 aliphatic heterocycles. The van der Waals surface area contributed by atoms with Gasteiger partial charge in [0, 0.05) is 7.11 Å². The van der Waals surface area contributed by atoms with Crippen molar-refractivity contribution in [1.82, 2.24) is 0 Å². The van der Waals surface area contributed by atoms with E-state index in [1.807, 2.05) is 25.1 Å². The molecule has 0 fully saturated rings. The second-order valence-electron chi connectivity index (χ2n) is 3.06. The molecule has 13 heavy (non-hydrogen) atoms. The first-order valence-electron chi connectivity index (χ1n) is 4.47. The van der Waals surface area contributed by atoms with E-state index in [-0.39, 0.29) is 6.10 Å². The van der Waals surface area contributed by atoms with Crippen LogP contribution < -0.4 is 0 Å². The van der Waals surface area contributed by atoms with Crippen LogP contribution >= 0.6 is 0 Å². The van der Waals surface area contributed by atoms with E-state index in [2.05, 4.69) is 12.1 Å². The Bertz CT molecular complexity index is 221. The summed E-state index contributed by atoms with van der Waals surface area (Å²) in [5.41, 5.74) is 1.20. The van der Waals surface area contributed by atoms with Crippen LogP contribution in [0.25, 0.3) is 0 Å². The molecule has 0 unspecified atom stereocenters. The molecule has 1 aromatic rings. The van der Waals surface area contributed by atoms with Gasteiger partial charge in [-0.1, -0.05) is 30.3 Å². The number of hydrogen-bond acceptors (Lipinski definition) is 2. The molecular weight excluding hydrogens is 164 g/mol. The molecule has 2 nitrogen and oxygen atoms in total. The van der Waals surface area contributed by atoms with E-state index in [1.165, 1.54) is 5.56 Å². The van der Waals surface area contributed by atoms with Gasteiger partial charge in [-0.25, -0.2) is 0 Å². The second-order valence-corrected chi connectivity index (χ2v) is 3.06. The van der Waals surface area contributed by atoms with Crippen LogP contribution in [0.4, 0.5) is 0 Å². The molecule has 0 N–H and O–H groups in total. The first kappa shape index (κ1) is 10.2. The highest BCUT2D eigenvalue weighted by molar-refractivity contribution is 5.13. The summed E-state index contributed by atoms with van der Waals surface area (Å²) in [5.74, 6) is 0. The zero-order valence-electron chi connectivity index (χ0n) is 8.19. The summed E-state index contributed by atoms with van der Waals surface area (Å²) in [6.07, 6.45) is 0.158. The minimum atomic E-state index is 0.158. The molecule has 0 aliphatic rings. The highest BCUT2D eigenvalue weighted by atomic mass is 16.5. The minimum absolute atomic E-state index is 0.158. The van der Waals surface area contributed by atoms with Crippen molar-refractivity contribution in [2.75, 3.05) is 13.7 Å². The topological polar surface area (TPSA) is 18.5 Å². The minimum Gasteiger partial charge on any atom is -0.382 e. The molecule has 0 spiro atoms. The third-order valence-corrected chi connectivity index (χ3v) is 1.78. The zero-order valence-corrected chi connectivity index (χ0v) is 8.19. The van der Waals surface area contributed by atoms with Crippen molar-refractivity contribution >= 4 is 0 Å². The molecule has 0 heterocycles. The summed E-state index contributed by atoms with van der Waals surface area (Å²) in [7, 11) is 1.68. The van der Waals surface area contributed by atoms with Gasteiger partial charge in [-0.05, 0) is 12.5 Å². The summed E-state index contributed by atoms with van der Waals surface area (Å²) >= 11 is 0. The normalized spacial score (nSPS) is 12.8. The highest BCUT2D eigenvalue weighted by Gasteiger charge is 2.00. The van der Waals surface area contributed by atoms with Gasteiger partial charge in [0.2, 0.25) is 0 Å². The highest BCUT2D eigenvalue weighted by Crippen LogP contribution is 2.02. The Morgan fingerprint density at radius 2 is 1.92 bits per heavy atom. The molecule has 0 amide bonds. The Kier molecular flexibility index (Phi) is 4.50. The van der Waals surface area contributed by atoms with Crippen LogP contribution in [0.3, 0.4) is 0 Å². The molecular formula is C11H16O2. The average molecular weight is 180 g/mol. The van der Waals surface area contributed by atoms with Gasteiger partial charge >= 0.3 is 0 Å². The fourth-order valence-electron chi connectivity index (χ4n) is 1.10. The fourth-order valence-corrected chi connectivity index (χ4v) is 1.10. The molecule has 0 saturated heterocycles. The van der Waals surface area contributed by atoms with Crippen molar-refractivity contribution < 1.29 is 9.47 Å². The lowest BCUT2D eigenvalue weighted by Gasteiger charge is -2.11. The molecule has 0 bridgehead atoms. The van der Waals surface area contributed by atoms with Crippen LogP contribution in [0.5, 0.6) is 0 Å². The zero-order chi connectivity index (χ0) is 9.52. The number of rotatable bonds is 5. The van der Waals surface area contributed by atoms with Gasteiger partial charge in [0.25, 0.3) is 0 Å². The molecule has 1 aromatic carbocycles. The van der Waals surface area contributed by atoms with E-state index in [4.69, 9.17) is 9.47 Å². The van der Waals surface area contributed by atoms with E-state index >= 15 is 0 Å². The van der Waals surface area contributed by atoms with Crippen LogP contribution in [-0.4, -0.2) is 19.8 Å². The third-order valence-electron chi connectivity index (χ3n) is 1.78. The van der Waals surface area contributed by atoms with Gasteiger partial charge in [-0.15, -0.1) is 0 Å². The molecule has 1 atom stereocenters. The van der Waals surface area contributed by atoms with Gasteiger partial charge in [0.05, 0.1) is 19.3 Å². The van der Waals surface area contributed by atoms with E-state index < -0.39 is 0 Å². The number of benzene rings is 1. The SMILES string of the molecule is COC[C@H](C)OCc1ccccc1. The van der Waals surface area contributed by atoms with Crippen molar-refractivity contribution in [3.63, 3.8) is 0 Å². The third kappa shape index (κ3) is 4.06. The molecule has 0 aliphatic carbocycles. The van der Waals surface area contributed by atoms with Crippen LogP contribution in [0, 0.1) is 0 Å². The average Bonchev–Trinajstić information content (AvgIpc) is 2.17. The van der Waals surface area contributed by atoms with E-state index in [9.17, 15) is 0 Å². The molecule has 72 valence electrons. The molecule has 0 aromatic heterocycles. The summed E-state index contributed by atoms with van der Waals surface area (Å²) in [6.45, 7) is 3.31. The standard InChI is InChI=1S/C11H16O2/c1-10(8-12-2)13-9-11-6-4-3-5-7-11/h3-7,10H,8-9H2,1-2H3/t10-/m0/s1. The Hall–Kier alpha value is -0.860. The van der Waals surface area contributed by atoms with Crippen LogP contribution in [-0.2, 0) is 16.1 Å². The van der Waals surface area contributed by atoms with Crippen molar-refractivity contribution in [3.05, 3.63) is 35.9 Å². The second kappa shape index (κ2) is 5.73. The summed E-state index contributed by atoms with van der Waals surface area (Å²) < 4.78 is 10.5. The lowest BCUT2D eigenvalue weighted by atomic mass is 10.2. The number of ether oxygens (including phenoxy) is 2. The maximum atomic E-state index is 5.54. The summed E-state index contributed by atoms with van der Waals surface area (Å²) in [6, 6.07) is 10.1. The molecule has 1 rings (SSSR count). The predicted octanol–water partition coefficient (Wildman–Crippen LogP) is 2.24. The Morgan fingerprint density at radius 1 is 1.23 bits per heavy atom. The maximum Gasteiger partial charge on any atom is 0.0784 e. The van der Waals surface area contributed by atoms with Gasteiger partial charge in [0.15, 0.2) is 0 Å². The van der Waals surface area contributed by atoms with Crippen molar-refractivity contribution in [2.45, 2.75) is 19.6 Å². The van der Waals surface area contributed by atoms with E-state index in [1.54, 1.807) is 7.11 Å². The van der Waals surface area contributed by atoms with Crippen molar-refractivity contribution in [1.29, 1.82) is 0 Å². The summed E-state index contributed by atoms with van der Waals surface area (Å²) in [4.78, 5) is 0. The fraction of sp³-hybridized carbons (Fsp3) is 0.455. The van der Waals surface area contributed by atoms with Crippen LogP contribution in [0.1, 0.15) is 12.5 Å². The summed E-state index contributed by atoms with van der Waals surface area (Å²) in [5, 5.41) is 0. The lowest BCUT2D eigenvalue weighted by Crippen LogP contribution is -2.14. The van der Waals surface area contributed by atoms with Crippen LogP contribution in [0.15, 0.2) is 30.3 Å². The van der Waals surface area contributed by atoms with Gasteiger partial charge in [-0.3, -0.25) is 0 Å². The quantitative estimate of drug-likeness (QED) is 0.691. The largest absolute Gasteiger partial charge is 0.382 e. The van der Waals surface area contributed by atoms with Gasteiger partial charge in [0.1, 0.15) is 0 Å². The van der Waals surface area contributed by atoms with Gasteiger partial charge in [-0.2, -0.15) is 0 Å². The van der Waals surface area contributed by atoms with Crippen LogP contribution in [0.2, 0.25) is 0 Å². The number of hydrogen-bond donors (Lipinski definition) is 0.